The van der Waals surface area contributed by atoms with Crippen molar-refractivity contribution < 1.29 is 23.8 Å². The Morgan fingerprint density at radius 1 is 0.917 bits per heavy atom. The molecule has 0 aliphatic carbocycles. The minimum absolute atomic E-state index is 0.104. The maximum atomic E-state index is 13.2. The Morgan fingerprint density at radius 3 is 2.28 bits per heavy atom. The molecule has 1 heterocycles. The molecule has 0 bridgehead atoms. The standard InChI is InChI=1S/C28H36N2O6/c1-3-5-6-7-8-9-10-13-20-35-23-18-16-22(17-19-23)27-28(32)30(36-21-26(31)34-4-2)25-15-12-11-14-24(25)29(27)33/h11-12,14-19H,3-10,13,20-21H2,1-2H3. The van der Waals surface area contributed by atoms with Gasteiger partial charge in [-0.3, -0.25) is 4.79 Å². The van der Waals surface area contributed by atoms with Crippen LogP contribution in [0.1, 0.15) is 65.2 Å². The molecule has 0 N–H and O–H groups in total. The summed E-state index contributed by atoms with van der Waals surface area (Å²) in [5, 5.41) is 13.1. The number of hydrogen-bond acceptors (Lipinski definition) is 6. The molecule has 8 heteroatoms. The van der Waals surface area contributed by atoms with Gasteiger partial charge in [-0.2, -0.15) is 4.73 Å². The van der Waals surface area contributed by atoms with Gasteiger partial charge < -0.3 is 19.5 Å². The van der Waals surface area contributed by atoms with Crippen LogP contribution in [-0.2, 0) is 9.53 Å². The first-order valence-electron chi connectivity index (χ1n) is 12.9. The first-order chi connectivity index (χ1) is 17.6. The normalized spacial score (nSPS) is 10.9. The molecule has 0 saturated heterocycles. The van der Waals surface area contributed by atoms with Crippen LogP contribution in [0.5, 0.6) is 5.75 Å². The monoisotopic (exact) mass is 496 g/mol. The van der Waals surface area contributed by atoms with E-state index < -0.39 is 18.1 Å². The van der Waals surface area contributed by atoms with Crippen LogP contribution in [0.15, 0.2) is 53.3 Å². The molecule has 0 aliphatic heterocycles. The Morgan fingerprint density at radius 2 is 1.58 bits per heavy atom. The molecule has 0 saturated carbocycles. The summed E-state index contributed by atoms with van der Waals surface area (Å²) in [6, 6.07) is 13.4. The van der Waals surface area contributed by atoms with Gasteiger partial charge in [0.15, 0.2) is 5.52 Å². The van der Waals surface area contributed by atoms with E-state index in [-0.39, 0.29) is 23.3 Å². The summed E-state index contributed by atoms with van der Waals surface area (Å²) in [6.07, 6.45) is 9.84. The zero-order chi connectivity index (χ0) is 25.8. The van der Waals surface area contributed by atoms with Crippen molar-refractivity contribution in [1.82, 2.24) is 4.73 Å². The second-order valence-electron chi connectivity index (χ2n) is 8.66. The lowest BCUT2D eigenvalue weighted by Crippen LogP contribution is -2.43. The molecule has 8 nitrogen and oxygen atoms in total. The maximum absolute atomic E-state index is 13.2. The van der Waals surface area contributed by atoms with Gasteiger partial charge in [-0.15, -0.1) is 4.73 Å². The average molecular weight is 497 g/mol. The summed E-state index contributed by atoms with van der Waals surface area (Å²) in [7, 11) is 0. The molecule has 3 aromatic rings. The zero-order valence-electron chi connectivity index (χ0n) is 21.2. The van der Waals surface area contributed by atoms with E-state index in [0.29, 0.717) is 22.7 Å². The quantitative estimate of drug-likeness (QED) is 0.130. The summed E-state index contributed by atoms with van der Waals surface area (Å²) in [4.78, 5) is 30.5. The Kier molecular flexibility index (Phi) is 10.6. The summed E-state index contributed by atoms with van der Waals surface area (Å²) in [6.45, 7) is 4.28. The van der Waals surface area contributed by atoms with Gasteiger partial charge in [-0.05, 0) is 43.7 Å². The molecular formula is C28H36N2O6. The molecule has 2 aromatic carbocycles. The first-order valence-corrected chi connectivity index (χ1v) is 12.9. The highest BCUT2D eigenvalue weighted by Gasteiger charge is 2.24. The van der Waals surface area contributed by atoms with Crippen LogP contribution in [0, 0.1) is 5.21 Å². The van der Waals surface area contributed by atoms with E-state index in [2.05, 4.69) is 6.92 Å². The third-order valence-electron chi connectivity index (χ3n) is 5.92. The van der Waals surface area contributed by atoms with Crippen LogP contribution in [-0.4, -0.2) is 30.5 Å². The Labute approximate surface area is 212 Å². The molecule has 0 spiro atoms. The number of benzene rings is 2. The average Bonchev–Trinajstić information content (AvgIpc) is 2.89. The van der Waals surface area contributed by atoms with Crippen LogP contribution < -0.4 is 19.9 Å². The number of ether oxygens (including phenoxy) is 2. The number of aromatic nitrogens is 2. The molecule has 0 fully saturated rings. The predicted octanol–water partition coefficient (Wildman–Crippen LogP) is 4.81. The summed E-state index contributed by atoms with van der Waals surface area (Å²) >= 11 is 0. The Hall–Kier alpha value is -3.55. The van der Waals surface area contributed by atoms with Gasteiger partial charge in [0.25, 0.3) is 5.69 Å². The van der Waals surface area contributed by atoms with Crippen molar-refractivity contribution in [2.45, 2.75) is 65.2 Å². The topological polar surface area (TPSA) is 93.7 Å². The Bertz CT molecular complexity index is 1170. The van der Waals surface area contributed by atoms with Crippen LogP contribution in [0.25, 0.3) is 22.3 Å². The lowest BCUT2D eigenvalue weighted by molar-refractivity contribution is -0.566. The third kappa shape index (κ3) is 7.23. The smallest absolute Gasteiger partial charge is 0.357 e. The fourth-order valence-electron chi connectivity index (χ4n) is 4.04. The van der Waals surface area contributed by atoms with Gasteiger partial charge in [0.05, 0.1) is 18.8 Å². The molecule has 0 atom stereocenters. The largest absolute Gasteiger partial charge is 0.618 e. The van der Waals surface area contributed by atoms with E-state index in [0.717, 1.165) is 17.6 Å². The van der Waals surface area contributed by atoms with Gasteiger partial charge in [0.2, 0.25) is 12.1 Å². The lowest BCUT2D eigenvalue weighted by Gasteiger charge is -2.14. The van der Waals surface area contributed by atoms with Crippen molar-refractivity contribution in [2.75, 3.05) is 19.8 Å². The van der Waals surface area contributed by atoms with Gasteiger partial charge >= 0.3 is 11.5 Å². The van der Waals surface area contributed by atoms with E-state index in [1.807, 2.05) is 0 Å². The Balaban J connectivity index is 1.69. The van der Waals surface area contributed by atoms with E-state index in [1.165, 1.54) is 38.5 Å². The van der Waals surface area contributed by atoms with Crippen LogP contribution in [0.3, 0.4) is 0 Å². The van der Waals surface area contributed by atoms with E-state index in [9.17, 15) is 14.8 Å². The summed E-state index contributed by atoms with van der Waals surface area (Å²) < 4.78 is 12.3. The van der Waals surface area contributed by atoms with Crippen molar-refractivity contribution in [3.8, 4) is 17.0 Å². The highest BCUT2D eigenvalue weighted by atomic mass is 16.7. The lowest BCUT2D eigenvalue weighted by atomic mass is 10.1. The molecule has 0 unspecified atom stereocenters. The fraction of sp³-hybridized carbons (Fsp3) is 0.464. The number of fused-ring (bicyclic) bond motifs is 1. The number of nitrogens with zero attached hydrogens (tertiary/aromatic N) is 2. The molecule has 0 amide bonds. The van der Waals surface area contributed by atoms with E-state index >= 15 is 0 Å². The minimum Gasteiger partial charge on any atom is -0.618 e. The second-order valence-corrected chi connectivity index (χ2v) is 8.66. The molecule has 194 valence electrons. The van der Waals surface area contributed by atoms with Crippen molar-refractivity contribution >= 4 is 17.0 Å². The molecule has 0 aliphatic rings. The number of unbranched alkanes of at least 4 members (excludes halogenated alkanes) is 7. The number of rotatable bonds is 15. The van der Waals surface area contributed by atoms with Crippen LogP contribution in [0.2, 0.25) is 0 Å². The minimum atomic E-state index is -0.666. The van der Waals surface area contributed by atoms with Crippen molar-refractivity contribution in [1.29, 1.82) is 0 Å². The SMILES string of the molecule is CCCCCCCCCCOc1ccc(-c2c(=O)n(OCC(=O)OCC)c3ccccc3[n+]2[O-])cc1. The van der Waals surface area contributed by atoms with Gasteiger partial charge in [0.1, 0.15) is 5.75 Å². The first kappa shape index (κ1) is 27.0. The van der Waals surface area contributed by atoms with Crippen molar-refractivity contribution in [2.24, 2.45) is 0 Å². The van der Waals surface area contributed by atoms with Gasteiger partial charge in [0, 0.05) is 6.07 Å². The van der Waals surface area contributed by atoms with E-state index in [4.69, 9.17) is 14.3 Å². The molecule has 0 radical (unpaired) electrons. The molecule has 3 rings (SSSR count). The number of carbonyl (C=O) groups excluding carboxylic acids is 1. The summed E-state index contributed by atoms with van der Waals surface area (Å²) in [5.74, 6) is 0.0747. The third-order valence-corrected chi connectivity index (χ3v) is 5.92. The summed E-state index contributed by atoms with van der Waals surface area (Å²) in [5.41, 5.74) is 0.156. The second kappa shape index (κ2) is 14.1. The zero-order valence-corrected chi connectivity index (χ0v) is 21.2. The van der Waals surface area contributed by atoms with Crippen LogP contribution in [0.4, 0.5) is 0 Å². The number of carbonyl (C=O) groups is 1. The fourth-order valence-corrected chi connectivity index (χ4v) is 4.04. The molecular weight excluding hydrogens is 460 g/mol. The molecule has 1 aromatic heterocycles. The van der Waals surface area contributed by atoms with Crippen molar-refractivity contribution in [3.05, 3.63) is 64.1 Å². The number of para-hydroxylation sites is 2. The van der Waals surface area contributed by atoms with Gasteiger partial charge in [-0.25, -0.2) is 4.79 Å². The predicted molar refractivity (Wildman–Crippen MR) is 139 cm³/mol. The maximum Gasteiger partial charge on any atom is 0.357 e. The highest BCUT2D eigenvalue weighted by molar-refractivity contribution is 5.74. The number of hydrogen-bond donors (Lipinski definition) is 0. The van der Waals surface area contributed by atoms with Crippen molar-refractivity contribution in [3.63, 3.8) is 0 Å². The number of esters is 1. The highest BCUT2D eigenvalue weighted by Crippen LogP contribution is 2.20. The van der Waals surface area contributed by atoms with E-state index in [1.54, 1.807) is 55.5 Å². The van der Waals surface area contributed by atoms with Gasteiger partial charge in [-0.1, -0.05) is 64.0 Å². The molecule has 36 heavy (non-hydrogen) atoms. The van der Waals surface area contributed by atoms with Crippen LogP contribution >= 0.6 is 0 Å².